The molecule has 0 N–H and O–H groups in total. The predicted octanol–water partition coefficient (Wildman–Crippen LogP) is 0.543. The Labute approximate surface area is 122 Å². The van der Waals surface area contributed by atoms with Crippen molar-refractivity contribution < 1.29 is 33.3 Å². The largest absolute Gasteiger partial charge is 0.423 e. The first kappa shape index (κ1) is 14.7. The highest BCUT2D eigenvalue weighted by atomic mass is 16.8. The number of esters is 1. The van der Waals surface area contributed by atoms with Gasteiger partial charge < -0.3 is 28.5 Å². The molecule has 8 heteroatoms. The second-order valence-corrected chi connectivity index (χ2v) is 5.66. The predicted molar refractivity (Wildman–Crippen MR) is 68.2 cm³/mol. The van der Waals surface area contributed by atoms with Gasteiger partial charge in [-0.2, -0.15) is 0 Å². The van der Waals surface area contributed by atoms with Crippen LogP contribution >= 0.6 is 0 Å². The number of methoxy groups -OCH3 is 1. The van der Waals surface area contributed by atoms with Crippen molar-refractivity contribution in [3.05, 3.63) is 0 Å². The smallest absolute Gasteiger partial charge is 0.305 e. The summed E-state index contributed by atoms with van der Waals surface area (Å²) in [6.45, 7) is 4.96. The van der Waals surface area contributed by atoms with Gasteiger partial charge in [0.1, 0.15) is 18.3 Å². The third-order valence-corrected chi connectivity index (χ3v) is 3.55. The Morgan fingerprint density at radius 1 is 1.38 bits per heavy atom. The first-order chi connectivity index (χ1) is 9.89. The number of oxime groups is 1. The van der Waals surface area contributed by atoms with Crippen molar-refractivity contribution in [2.45, 2.75) is 63.9 Å². The Bertz CT molecular complexity index is 463. The normalized spacial score (nSPS) is 40.6. The fourth-order valence-corrected chi connectivity index (χ4v) is 2.79. The summed E-state index contributed by atoms with van der Waals surface area (Å²) in [5.74, 6) is -1.12. The van der Waals surface area contributed by atoms with Crippen LogP contribution in [0.15, 0.2) is 5.16 Å². The van der Waals surface area contributed by atoms with E-state index in [-0.39, 0.29) is 12.2 Å². The molecule has 3 rings (SSSR count). The van der Waals surface area contributed by atoms with Crippen LogP contribution in [0.1, 0.15) is 27.2 Å². The second kappa shape index (κ2) is 5.20. The van der Waals surface area contributed by atoms with Crippen molar-refractivity contribution in [3.8, 4) is 0 Å². The highest BCUT2D eigenvalue weighted by molar-refractivity contribution is 5.90. The molecule has 0 aromatic rings. The van der Waals surface area contributed by atoms with Crippen molar-refractivity contribution in [1.82, 2.24) is 0 Å². The lowest BCUT2D eigenvalue weighted by molar-refractivity contribution is -0.208. The van der Waals surface area contributed by atoms with Gasteiger partial charge in [0.25, 0.3) is 6.29 Å². The number of hydrogen-bond donors (Lipinski definition) is 0. The standard InChI is InChI=1S/C13H19NO7/c1-6(15)17-8-5-7(14-21-8)9-10(16-4)11-12(18-9)20-13(2,3)19-11/h8-12H,5H2,1-4H3/t8?,9-,10+,11-,12-/m1/s1. The Morgan fingerprint density at radius 3 is 2.81 bits per heavy atom. The van der Waals surface area contributed by atoms with Crippen LogP contribution in [0.4, 0.5) is 0 Å². The van der Waals surface area contributed by atoms with Crippen LogP contribution in [-0.4, -0.2) is 55.5 Å². The fraction of sp³-hybridized carbons (Fsp3) is 0.846. The summed E-state index contributed by atoms with van der Waals surface area (Å²) in [4.78, 5) is 16.0. The Balaban J connectivity index is 1.67. The molecule has 1 unspecified atom stereocenters. The lowest BCUT2D eigenvalue weighted by Gasteiger charge is -2.24. The fourth-order valence-electron chi connectivity index (χ4n) is 2.79. The average molecular weight is 301 g/mol. The number of rotatable bonds is 3. The number of nitrogens with zero attached hydrogens (tertiary/aromatic N) is 1. The van der Waals surface area contributed by atoms with Gasteiger partial charge in [0.15, 0.2) is 12.1 Å². The maximum Gasteiger partial charge on any atom is 0.305 e. The molecule has 0 aromatic carbocycles. The van der Waals surface area contributed by atoms with E-state index in [1.807, 2.05) is 13.8 Å². The summed E-state index contributed by atoms with van der Waals surface area (Å²) < 4.78 is 27.8. The summed E-state index contributed by atoms with van der Waals surface area (Å²) in [6.07, 6.45) is -2.00. The first-order valence-electron chi connectivity index (χ1n) is 6.83. The van der Waals surface area contributed by atoms with Crippen molar-refractivity contribution in [2.24, 2.45) is 5.16 Å². The highest BCUT2D eigenvalue weighted by Gasteiger charge is 2.57. The van der Waals surface area contributed by atoms with E-state index in [1.54, 1.807) is 7.11 Å². The van der Waals surface area contributed by atoms with Crippen LogP contribution in [0.3, 0.4) is 0 Å². The number of carbonyl (C=O) groups is 1. The molecule has 0 radical (unpaired) electrons. The third-order valence-electron chi connectivity index (χ3n) is 3.55. The number of carbonyl (C=O) groups excluding carboxylic acids is 1. The van der Waals surface area contributed by atoms with Gasteiger partial charge in [-0.15, -0.1) is 0 Å². The lowest BCUT2D eigenvalue weighted by atomic mass is 10.0. The molecular weight excluding hydrogens is 282 g/mol. The van der Waals surface area contributed by atoms with Crippen molar-refractivity contribution >= 4 is 11.7 Å². The summed E-state index contributed by atoms with van der Waals surface area (Å²) >= 11 is 0. The van der Waals surface area contributed by atoms with E-state index in [0.29, 0.717) is 12.1 Å². The molecule has 0 spiro atoms. The van der Waals surface area contributed by atoms with Crippen LogP contribution in [0.2, 0.25) is 0 Å². The molecule has 5 atom stereocenters. The maximum atomic E-state index is 10.9. The summed E-state index contributed by atoms with van der Waals surface area (Å²) in [5.41, 5.74) is 0.618. The van der Waals surface area contributed by atoms with E-state index in [4.69, 9.17) is 28.5 Å². The van der Waals surface area contributed by atoms with E-state index in [0.717, 1.165) is 0 Å². The van der Waals surface area contributed by atoms with Crippen LogP contribution < -0.4 is 0 Å². The Morgan fingerprint density at radius 2 is 2.14 bits per heavy atom. The summed E-state index contributed by atoms with van der Waals surface area (Å²) in [6, 6.07) is 0. The Hall–Kier alpha value is -1.22. The topological polar surface area (TPSA) is 84.8 Å². The molecular formula is C13H19NO7. The minimum atomic E-state index is -0.711. The molecule has 8 nitrogen and oxygen atoms in total. The van der Waals surface area contributed by atoms with E-state index >= 15 is 0 Å². The Kier molecular flexibility index (Phi) is 3.64. The van der Waals surface area contributed by atoms with Gasteiger partial charge in [0.05, 0.1) is 12.1 Å². The van der Waals surface area contributed by atoms with E-state index in [1.165, 1.54) is 6.92 Å². The van der Waals surface area contributed by atoms with E-state index in [9.17, 15) is 4.79 Å². The minimum absolute atomic E-state index is 0.328. The lowest BCUT2D eigenvalue weighted by Crippen LogP contribution is -2.40. The average Bonchev–Trinajstić information content (AvgIpc) is 3.00. The van der Waals surface area contributed by atoms with Crippen LogP contribution in [0.5, 0.6) is 0 Å². The monoisotopic (exact) mass is 301 g/mol. The van der Waals surface area contributed by atoms with Gasteiger partial charge in [0, 0.05) is 14.0 Å². The van der Waals surface area contributed by atoms with Crippen LogP contribution in [0, 0.1) is 0 Å². The molecule has 3 aliphatic rings. The van der Waals surface area contributed by atoms with Crippen molar-refractivity contribution in [3.63, 3.8) is 0 Å². The van der Waals surface area contributed by atoms with Gasteiger partial charge in [0.2, 0.25) is 0 Å². The molecule has 2 fully saturated rings. The molecule has 21 heavy (non-hydrogen) atoms. The van der Waals surface area contributed by atoms with Crippen LogP contribution in [-0.2, 0) is 33.3 Å². The SMILES string of the molecule is CO[C@@H]1[C@H]2OC(C)(C)O[C@H]2O[C@@H]1C1=NOC(OC(C)=O)C1. The number of hydrogen-bond acceptors (Lipinski definition) is 8. The molecule has 0 amide bonds. The maximum absolute atomic E-state index is 10.9. The zero-order chi connectivity index (χ0) is 15.2. The van der Waals surface area contributed by atoms with Crippen LogP contribution in [0.25, 0.3) is 0 Å². The van der Waals surface area contributed by atoms with E-state index < -0.39 is 30.4 Å². The second-order valence-electron chi connectivity index (χ2n) is 5.66. The zero-order valence-electron chi connectivity index (χ0n) is 12.4. The summed E-state index contributed by atoms with van der Waals surface area (Å²) in [7, 11) is 1.58. The minimum Gasteiger partial charge on any atom is -0.423 e. The first-order valence-corrected chi connectivity index (χ1v) is 6.83. The molecule has 118 valence electrons. The van der Waals surface area contributed by atoms with Gasteiger partial charge in [-0.3, -0.25) is 4.79 Å². The van der Waals surface area contributed by atoms with E-state index in [2.05, 4.69) is 5.16 Å². The number of fused-ring (bicyclic) bond motifs is 1. The molecule has 0 aromatic heterocycles. The van der Waals surface area contributed by atoms with Crippen molar-refractivity contribution in [2.75, 3.05) is 7.11 Å². The molecule has 0 saturated carbocycles. The molecule has 0 aliphatic carbocycles. The molecule has 2 saturated heterocycles. The third kappa shape index (κ3) is 2.76. The highest BCUT2D eigenvalue weighted by Crippen LogP contribution is 2.39. The zero-order valence-corrected chi connectivity index (χ0v) is 12.4. The molecule has 3 aliphatic heterocycles. The van der Waals surface area contributed by atoms with Gasteiger partial charge >= 0.3 is 5.97 Å². The molecule has 0 bridgehead atoms. The quantitative estimate of drug-likeness (QED) is 0.703. The summed E-state index contributed by atoms with van der Waals surface area (Å²) in [5, 5.41) is 3.94. The van der Waals surface area contributed by atoms with Gasteiger partial charge in [-0.05, 0) is 13.8 Å². The van der Waals surface area contributed by atoms with Crippen molar-refractivity contribution in [1.29, 1.82) is 0 Å². The number of ether oxygens (including phenoxy) is 5. The molecule has 3 heterocycles. The van der Waals surface area contributed by atoms with Gasteiger partial charge in [-0.1, -0.05) is 5.16 Å². The van der Waals surface area contributed by atoms with Gasteiger partial charge in [-0.25, -0.2) is 0 Å².